The molecule has 0 aliphatic heterocycles. The minimum atomic E-state index is 0.497. The zero-order valence-electron chi connectivity index (χ0n) is 11.4. The van der Waals surface area contributed by atoms with Gasteiger partial charge < -0.3 is 9.88 Å². The Balaban J connectivity index is 2.27. The van der Waals surface area contributed by atoms with E-state index in [9.17, 15) is 0 Å². The van der Waals surface area contributed by atoms with Crippen LogP contribution in [-0.4, -0.2) is 22.6 Å². The van der Waals surface area contributed by atoms with Crippen molar-refractivity contribution < 1.29 is 0 Å². The van der Waals surface area contributed by atoms with E-state index in [1.54, 1.807) is 0 Å². The quantitative estimate of drug-likeness (QED) is 0.875. The summed E-state index contributed by atoms with van der Waals surface area (Å²) in [6.45, 7) is 5.29. The Morgan fingerprint density at radius 1 is 1.39 bits per heavy atom. The largest absolute Gasteiger partial charge is 0.331 e. The summed E-state index contributed by atoms with van der Waals surface area (Å²) < 4.78 is 2.17. The third-order valence-corrected chi connectivity index (χ3v) is 3.31. The number of nitrogens with one attached hydrogen (secondary N) is 1. The van der Waals surface area contributed by atoms with Crippen LogP contribution in [0.3, 0.4) is 0 Å². The molecule has 1 N–H and O–H groups in total. The van der Waals surface area contributed by atoms with Crippen molar-refractivity contribution >= 4 is 0 Å². The second-order valence-corrected chi connectivity index (χ2v) is 4.66. The molecule has 2 aromatic rings. The van der Waals surface area contributed by atoms with Crippen LogP contribution in [-0.2, 0) is 13.0 Å². The molecule has 2 rings (SSSR count). The molecule has 0 amide bonds. The van der Waals surface area contributed by atoms with Crippen LogP contribution < -0.4 is 5.32 Å². The zero-order chi connectivity index (χ0) is 13.0. The predicted molar refractivity (Wildman–Crippen MR) is 75.6 cm³/mol. The molecular formula is C15H21N3. The molecule has 3 nitrogen and oxygen atoms in total. The molecule has 0 saturated heterocycles. The van der Waals surface area contributed by atoms with E-state index >= 15 is 0 Å². The number of likely N-dealkylation sites (N-methyl/N-ethyl adjacent to an activating group) is 1. The van der Waals surface area contributed by atoms with Gasteiger partial charge in [0, 0.05) is 18.2 Å². The van der Waals surface area contributed by atoms with E-state index < -0.39 is 0 Å². The van der Waals surface area contributed by atoms with Crippen molar-refractivity contribution in [2.75, 3.05) is 7.05 Å². The maximum atomic E-state index is 4.23. The maximum absolute atomic E-state index is 4.23. The number of rotatable bonds is 5. The first-order chi connectivity index (χ1) is 8.74. The maximum Gasteiger partial charge on any atom is 0.0950 e. The Bertz CT molecular complexity index is 502. The van der Waals surface area contributed by atoms with E-state index in [1.807, 2.05) is 19.6 Å². The van der Waals surface area contributed by atoms with Crippen LogP contribution in [0, 0.1) is 0 Å². The van der Waals surface area contributed by atoms with Crippen LogP contribution in [0.1, 0.15) is 19.4 Å². The van der Waals surface area contributed by atoms with Gasteiger partial charge in [-0.05, 0) is 38.9 Å². The molecule has 0 aliphatic carbocycles. The number of aryl methyl sites for hydroxylation is 1. The normalized spacial score (nSPS) is 12.6. The average molecular weight is 243 g/mol. The molecule has 1 unspecified atom stereocenters. The number of nitrogens with zero attached hydrogens (tertiary/aromatic N) is 2. The van der Waals surface area contributed by atoms with Gasteiger partial charge in [-0.3, -0.25) is 0 Å². The van der Waals surface area contributed by atoms with Crippen LogP contribution in [0.5, 0.6) is 0 Å². The van der Waals surface area contributed by atoms with Crippen LogP contribution in [0.25, 0.3) is 11.3 Å². The first-order valence-corrected chi connectivity index (χ1v) is 6.51. The molecule has 1 aromatic heterocycles. The number of hydrogen-bond donors (Lipinski definition) is 1. The molecule has 0 bridgehead atoms. The Morgan fingerprint density at radius 3 is 2.94 bits per heavy atom. The average Bonchev–Trinajstić information content (AvgIpc) is 2.87. The number of benzene rings is 1. The SMILES string of the molecule is CCn1cncc1-c1cccc(CC(C)NC)c1. The smallest absolute Gasteiger partial charge is 0.0950 e. The van der Waals surface area contributed by atoms with Gasteiger partial charge >= 0.3 is 0 Å². The highest BCUT2D eigenvalue weighted by molar-refractivity contribution is 5.59. The summed E-state index contributed by atoms with van der Waals surface area (Å²) in [5.74, 6) is 0. The van der Waals surface area contributed by atoms with Gasteiger partial charge in [0.15, 0.2) is 0 Å². The van der Waals surface area contributed by atoms with Gasteiger partial charge in [-0.2, -0.15) is 0 Å². The molecule has 1 atom stereocenters. The summed E-state index contributed by atoms with van der Waals surface area (Å²) in [6.07, 6.45) is 4.87. The van der Waals surface area contributed by atoms with Crippen molar-refractivity contribution in [3.8, 4) is 11.3 Å². The van der Waals surface area contributed by atoms with Gasteiger partial charge in [0.25, 0.3) is 0 Å². The van der Waals surface area contributed by atoms with Crippen LogP contribution in [0.2, 0.25) is 0 Å². The number of imidazole rings is 1. The molecule has 0 radical (unpaired) electrons. The summed E-state index contributed by atoms with van der Waals surface area (Å²) in [5, 5.41) is 3.27. The van der Waals surface area contributed by atoms with E-state index in [0.29, 0.717) is 6.04 Å². The van der Waals surface area contributed by atoms with Crippen LogP contribution in [0.4, 0.5) is 0 Å². The summed E-state index contributed by atoms with van der Waals surface area (Å²) >= 11 is 0. The predicted octanol–water partition coefficient (Wildman–Crippen LogP) is 2.72. The summed E-state index contributed by atoms with van der Waals surface area (Å²) in [6, 6.07) is 9.22. The highest BCUT2D eigenvalue weighted by atomic mass is 15.0. The Labute approximate surface area is 109 Å². The summed E-state index contributed by atoms with van der Waals surface area (Å²) in [7, 11) is 2.00. The minimum absolute atomic E-state index is 0.497. The van der Waals surface area contributed by atoms with E-state index in [2.05, 4.69) is 53.0 Å². The molecule has 0 aliphatic rings. The number of hydrogen-bond acceptors (Lipinski definition) is 2. The van der Waals surface area contributed by atoms with Gasteiger partial charge in [-0.25, -0.2) is 4.98 Å². The zero-order valence-corrected chi connectivity index (χ0v) is 11.4. The van der Waals surface area contributed by atoms with Crippen molar-refractivity contribution in [2.24, 2.45) is 0 Å². The molecule has 3 heteroatoms. The highest BCUT2D eigenvalue weighted by Crippen LogP contribution is 2.20. The lowest BCUT2D eigenvalue weighted by molar-refractivity contribution is 0.608. The Morgan fingerprint density at radius 2 is 2.22 bits per heavy atom. The standard InChI is InChI=1S/C15H21N3/c1-4-18-11-17-10-15(18)14-7-5-6-13(9-14)8-12(2)16-3/h5-7,9-12,16H,4,8H2,1-3H3. The lowest BCUT2D eigenvalue weighted by atomic mass is 10.0. The Hall–Kier alpha value is -1.61. The van der Waals surface area contributed by atoms with E-state index in [-0.39, 0.29) is 0 Å². The fraction of sp³-hybridized carbons (Fsp3) is 0.400. The number of aromatic nitrogens is 2. The fourth-order valence-corrected chi connectivity index (χ4v) is 2.13. The van der Waals surface area contributed by atoms with Gasteiger partial charge in [-0.1, -0.05) is 18.2 Å². The summed E-state index contributed by atoms with van der Waals surface area (Å²) in [5.41, 5.74) is 3.80. The van der Waals surface area contributed by atoms with Crippen LogP contribution >= 0.6 is 0 Å². The van der Waals surface area contributed by atoms with Crippen molar-refractivity contribution in [1.82, 2.24) is 14.9 Å². The van der Waals surface area contributed by atoms with Crippen molar-refractivity contribution in [2.45, 2.75) is 32.9 Å². The van der Waals surface area contributed by atoms with E-state index in [0.717, 1.165) is 13.0 Å². The monoisotopic (exact) mass is 243 g/mol. The highest BCUT2D eigenvalue weighted by Gasteiger charge is 2.06. The molecule has 0 fully saturated rings. The van der Waals surface area contributed by atoms with Gasteiger partial charge in [-0.15, -0.1) is 0 Å². The van der Waals surface area contributed by atoms with Gasteiger partial charge in [0.1, 0.15) is 0 Å². The van der Waals surface area contributed by atoms with Gasteiger partial charge in [0.05, 0.1) is 18.2 Å². The molecule has 0 saturated carbocycles. The lowest BCUT2D eigenvalue weighted by Gasteiger charge is -2.11. The first-order valence-electron chi connectivity index (χ1n) is 6.51. The molecule has 1 heterocycles. The third kappa shape index (κ3) is 2.79. The van der Waals surface area contributed by atoms with Crippen molar-refractivity contribution in [3.05, 3.63) is 42.4 Å². The molecule has 1 aromatic carbocycles. The molecule has 18 heavy (non-hydrogen) atoms. The molecule has 96 valence electrons. The van der Waals surface area contributed by atoms with Crippen molar-refractivity contribution in [1.29, 1.82) is 0 Å². The second kappa shape index (κ2) is 5.83. The van der Waals surface area contributed by atoms with Crippen molar-refractivity contribution in [3.63, 3.8) is 0 Å². The minimum Gasteiger partial charge on any atom is -0.331 e. The fourth-order valence-electron chi connectivity index (χ4n) is 2.13. The first kappa shape index (κ1) is 12.8. The summed E-state index contributed by atoms with van der Waals surface area (Å²) in [4.78, 5) is 4.23. The van der Waals surface area contributed by atoms with E-state index in [1.165, 1.54) is 16.8 Å². The van der Waals surface area contributed by atoms with E-state index in [4.69, 9.17) is 0 Å². The topological polar surface area (TPSA) is 29.9 Å². The molecule has 0 spiro atoms. The second-order valence-electron chi connectivity index (χ2n) is 4.66. The Kier molecular flexibility index (Phi) is 4.15. The van der Waals surface area contributed by atoms with Crippen LogP contribution in [0.15, 0.2) is 36.8 Å². The molecular weight excluding hydrogens is 222 g/mol. The third-order valence-electron chi connectivity index (χ3n) is 3.31. The lowest BCUT2D eigenvalue weighted by Crippen LogP contribution is -2.23. The van der Waals surface area contributed by atoms with Gasteiger partial charge in [0.2, 0.25) is 0 Å².